The van der Waals surface area contributed by atoms with Crippen molar-refractivity contribution in [3.05, 3.63) is 50.2 Å². The van der Waals surface area contributed by atoms with Crippen LogP contribution in [0, 0.1) is 6.92 Å². The van der Waals surface area contributed by atoms with E-state index >= 15 is 0 Å². The van der Waals surface area contributed by atoms with Gasteiger partial charge in [0, 0.05) is 17.8 Å². The summed E-state index contributed by atoms with van der Waals surface area (Å²) < 4.78 is 11.1. The van der Waals surface area contributed by atoms with Crippen molar-refractivity contribution >= 4 is 47.2 Å². The molecule has 4 N–H and O–H groups in total. The number of aromatic amines is 2. The Kier molecular flexibility index (Phi) is 6.77. The van der Waals surface area contributed by atoms with E-state index in [1.807, 2.05) is 0 Å². The summed E-state index contributed by atoms with van der Waals surface area (Å²) in [6.07, 6.45) is 0.768. The van der Waals surface area contributed by atoms with Crippen LogP contribution in [0.25, 0.3) is 11.5 Å². The number of hydrogen-bond donors (Lipinski definition) is 4. The minimum Gasteiger partial charge on any atom is -0.487 e. The molecule has 9 nitrogen and oxygen atoms in total. The second-order valence-electron chi connectivity index (χ2n) is 6.57. The molecule has 1 aliphatic heterocycles. The van der Waals surface area contributed by atoms with Crippen molar-refractivity contribution in [3.63, 3.8) is 0 Å². The van der Waals surface area contributed by atoms with E-state index in [-0.39, 0.29) is 35.1 Å². The van der Waals surface area contributed by atoms with Gasteiger partial charge in [-0.05, 0) is 38.1 Å². The highest BCUT2D eigenvalue weighted by atomic mass is 35.5. The Balaban J connectivity index is 0.00000256. The molecule has 160 valence electrons. The molecule has 1 unspecified atom stereocenters. The normalized spacial score (nSPS) is 15.6. The van der Waals surface area contributed by atoms with Gasteiger partial charge in [-0.2, -0.15) is 0 Å². The number of halogens is 3. The predicted octanol–water partition coefficient (Wildman–Crippen LogP) is 3.39. The Morgan fingerprint density at radius 2 is 2.13 bits per heavy atom. The van der Waals surface area contributed by atoms with E-state index in [2.05, 4.69) is 25.8 Å². The lowest BCUT2D eigenvalue weighted by Gasteiger charge is -2.17. The molecule has 2 aromatic heterocycles. The average Bonchev–Trinajstić information content (AvgIpc) is 3.42. The van der Waals surface area contributed by atoms with Gasteiger partial charge < -0.3 is 24.8 Å². The molecule has 1 atom stereocenters. The molecule has 0 radical (unpaired) electrons. The summed E-state index contributed by atoms with van der Waals surface area (Å²) in [7, 11) is 0. The SMILES string of the molecule is Cc1[nH]c(C(=O)Nc2ccc(-c3n[nH]c(=O)o3)cc2OC2CCNC2)c(Cl)c1Cl.Cl. The molecule has 12 heteroatoms. The second-order valence-corrected chi connectivity index (χ2v) is 7.32. The van der Waals surface area contributed by atoms with Crippen molar-refractivity contribution in [1.29, 1.82) is 0 Å². The third-order valence-corrected chi connectivity index (χ3v) is 5.45. The predicted molar refractivity (Wildman–Crippen MR) is 115 cm³/mol. The van der Waals surface area contributed by atoms with Crippen LogP contribution in [0.4, 0.5) is 5.69 Å². The van der Waals surface area contributed by atoms with Gasteiger partial charge >= 0.3 is 5.76 Å². The number of carbonyl (C=O) groups is 1. The molecule has 3 heterocycles. The summed E-state index contributed by atoms with van der Waals surface area (Å²) in [4.78, 5) is 26.8. The molecule has 30 heavy (non-hydrogen) atoms. The van der Waals surface area contributed by atoms with Crippen LogP contribution in [-0.4, -0.2) is 40.3 Å². The molecule has 4 rings (SSSR count). The maximum absolute atomic E-state index is 12.7. The number of rotatable bonds is 5. The number of amides is 1. The summed E-state index contributed by atoms with van der Waals surface area (Å²) in [5.74, 6) is -0.579. The highest BCUT2D eigenvalue weighted by molar-refractivity contribution is 6.44. The second kappa shape index (κ2) is 9.13. The molecule has 0 aliphatic carbocycles. The fraction of sp³-hybridized carbons (Fsp3) is 0.278. The number of carbonyl (C=O) groups excluding carboxylic acids is 1. The number of ether oxygens (including phenoxy) is 1. The molecule has 1 amide bonds. The van der Waals surface area contributed by atoms with Crippen LogP contribution >= 0.6 is 35.6 Å². The largest absolute Gasteiger partial charge is 0.487 e. The molecule has 1 saturated heterocycles. The molecule has 1 aliphatic rings. The lowest BCUT2D eigenvalue weighted by molar-refractivity contribution is 0.102. The first kappa shape index (κ1) is 22.2. The van der Waals surface area contributed by atoms with Crippen LogP contribution < -0.4 is 21.1 Å². The van der Waals surface area contributed by atoms with Gasteiger partial charge in [-0.3, -0.25) is 4.79 Å². The van der Waals surface area contributed by atoms with Gasteiger partial charge in [0.25, 0.3) is 5.91 Å². The first-order valence-electron chi connectivity index (χ1n) is 8.84. The summed E-state index contributed by atoms with van der Waals surface area (Å²) in [6, 6.07) is 4.95. The maximum atomic E-state index is 12.7. The fourth-order valence-corrected chi connectivity index (χ4v) is 3.45. The number of aryl methyl sites for hydroxylation is 1. The Bertz CT molecular complexity index is 1120. The lowest BCUT2D eigenvalue weighted by Crippen LogP contribution is -2.21. The van der Waals surface area contributed by atoms with E-state index in [0.717, 1.165) is 13.0 Å². The smallest absolute Gasteiger partial charge is 0.434 e. The zero-order valence-corrected chi connectivity index (χ0v) is 18.0. The number of anilines is 1. The molecule has 3 aromatic rings. The fourth-order valence-electron chi connectivity index (χ4n) is 3.03. The first-order chi connectivity index (χ1) is 13.9. The molecule has 0 saturated carbocycles. The van der Waals surface area contributed by atoms with Crippen molar-refractivity contribution in [1.82, 2.24) is 20.5 Å². The molecule has 0 spiro atoms. The maximum Gasteiger partial charge on any atom is 0.434 e. The summed E-state index contributed by atoms with van der Waals surface area (Å²) >= 11 is 12.2. The highest BCUT2D eigenvalue weighted by Gasteiger charge is 2.22. The lowest BCUT2D eigenvalue weighted by atomic mass is 10.1. The zero-order chi connectivity index (χ0) is 20.5. The molecule has 0 bridgehead atoms. The molecule has 1 fully saturated rings. The van der Waals surface area contributed by atoms with E-state index in [4.69, 9.17) is 32.4 Å². The topological polar surface area (TPSA) is 125 Å². The number of nitrogens with zero attached hydrogens (tertiary/aromatic N) is 1. The van der Waals surface area contributed by atoms with Gasteiger partial charge in [0.2, 0.25) is 5.89 Å². The van der Waals surface area contributed by atoms with E-state index < -0.39 is 11.7 Å². The van der Waals surface area contributed by atoms with Gasteiger partial charge in [-0.25, -0.2) is 9.89 Å². The van der Waals surface area contributed by atoms with Gasteiger partial charge in [0.1, 0.15) is 17.5 Å². The van der Waals surface area contributed by atoms with Gasteiger partial charge in [0.15, 0.2) is 0 Å². The first-order valence-corrected chi connectivity index (χ1v) is 9.60. The van der Waals surface area contributed by atoms with Crippen LogP contribution in [-0.2, 0) is 0 Å². The van der Waals surface area contributed by atoms with Gasteiger partial charge in [0.05, 0.1) is 15.7 Å². The molecular formula is C18H18Cl3N5O4. The van der Waals surface area contributed by atoms with Crippen molar-refractivity contribution < 1.29 is 13.9 Å². The van der Waals surface area contributed by atoms with Crippen LogP contribution in [0.5, 0.6) is 5.75 Å². The van der Waals surface area contributed by atoms with Crippen LogP contribution in [0.15, 0.2) is 27.4 Å². The molecule has 1 aromatic carbocycles. The number of benzene rings is 1. The Labute approximate surface area is 186 Å². The summed E-state index contributed by atoms with van der Waals surface area (Å²) in [5.41, 5.74) is 1.71. The van der Waals surface area contributed by atoms with Crippen LogP contribution in [0.2, 0.25) is 10.0 Å². The number of aromatic nitrogens is 3. The van der Waals surface area contributed by atoms with Crippen molar-refractivity contribution in [3.8, 4) is 17.2 Å². The van der Waals surface area contributed by atoms with E-state index in [0.29, 0.717) is 34.3 Å². The van der Waals surface area contributed by atoms with Crippen LogP contribution in [0.3, 0.4) is 0 Å². The summed E-state index contributed by atoms with van der Waals surface area (Å²) in [5, 5.41) is 12.5. The highest BCUT2D eigenvalue weighted by Crippen LogP contribution is 2.33. The summed E-state index contributed by atoms with van der Waals surface area (Å²) in [6.45, 7) is 3.25. The third kappa shape index (κ3) is 4.49. The third-order valence-electron chi connectivity index (χ3n) is 4.50. The Morgan fingerprint density at radius 3 is 2.73 bits per heavy atom. The quantitative estimate of drug-likeness (QED) is 0.449. The van der Waals surface area contributed by atoms with Crippen molar-refractivity contribution in [2.45, 2.75) is 19.4 Å². The van der Waals surface area contributed by atoms with Crippen molar-refractivity contribution in [2.24, 2.45) is 0 Å². The number of H-pyrrole nitrogens is 2. The zero-order valence-electron chi connectivity index (χ0n) is 15.7. The van der Waals surface area contributed by atoms with Gasteiger partial charge in [-0.1, -0.05) is 23.2 Å². The monoisotopic (exact) mass is 473 g/mol. The minimum atomic E-state index is -0.659. The van der Waals surface area contributed by atoms with Gasteiger partial charge in [-0.15, -0.1) is 17.5 Å². The van der Waals surface area contributed by atoms with Crippen LogP contribution in [0.1, 0.15) is 22.6 Å². The molecular weight excluding hydrogens is 457 g/mol. The standard InChI is InChI=1S/C18H17Cl2N5O4.ClH/c1-8-13(19)14(20)15(22-8)16(26)23-11-3-2-9(17-24-25-18(27)29-17)6-12(11)28-10-4-5-21-7-10;/h2-3,6,10,21-22H,4-5,7H2,1H3,(H,23,26)(H,25,27);1H. The van der Waals surface area contributed by atoms with E-state index in [9.17, 15) is 9.59 Å². The Morgan fingerprint density at radius 1 is 1.33 bits per heavy atom. The number of hydrogen-bond acceptors (Lipinski definition) is 6. The van der Waals surface area contributed by atoms with E-state index in [1.54, 1.807) is 25.1 Å². The van der Waals surface area contributed by atoms with E-state index in [1.165, 1.54) is 0 Å². The minimum absolute atomic E-state index is 0. The Hall–Kier alpha value is -2.46. The average molecular weight is 475 g/mol. The van der Waals surface area contributed by atoms with Crippen molar-refractivity contribution in [2.75, 3.05) is 18.4 Å². The number of nitrogens with one attached hydrogen (secondary N) is 4.